The minimum absolute atomic E-state index is 0.103. The molecule has 0 bridgehead atoms. The Bertz CT molecular complexity index is 1020. The number of ether oxygens (including phenoxy) is 2. The molecule has 3 nitrogen and oxygen atoms in total. The number of fused-ring (bicyclic) bond motifs is 1. The zero-order valence-corrected chi connectivity index (χ0v) is 15.6. The molecule has 4 rings (SSSR count). The summed E-state index contributed by atoms with van der Waals surface area (Å²) in [6.07, 6.45) is 1.80. The van der Waals surface area contributed by atoms with Crippen molar-refractivity contribution in [3.63, 3.8) is 0 Å². The highest BCUT2D eigenvalue weighted by atomic mass is 35.5. The Balaban J connectivity index is 1.52. The van der Waals surface area contributed by atoms with Crippen LogP contribution in [0.1, 0.15) is 26.4 Å². The highest BCUT2D eigenvalue weighted by molar-refractivity contribution is 7.11. The van der Waals surface area contributed by atoms with Crippen molar-refractivity contribution in [3.8, 4) is 11.5 Å². The molecule has 0 atom stereocenters. The molecule has 0 N–H and O–H groups in total. The third kappa shape index (κ3) is 3.39. The zero-order valence-electron chi connectivity index (χ0n) is 14.0. The number of ketones is 1. The number of carbonyl (C=O) groups excluding carboxylic acids is 1. The minimum Gasteiger partial charge on any atom is -0.489 e. The molecule has 1 aromatic heterocycles. The molecule has 0 spiro atoms. The molecule has 2 aromatic carbocycles. The van der Waals surface area contributed by atoms with E-state index in [0.29, 0.717) is 34.5 Å². The van der Waals surface area contributed by atoms with Gasteiger partial charge in [0, 0.05) is 22.0 Å². The standard InChI is InChI=1S/C21H15ClO3S/c1-13-7-8-26-20(13)11-19-21(23)17-6-5-16(10-18(17)25-19)24-12-14-3-2-4-15(22)9-14/h2-11H,12H2,1H3/b19-11-. The number of rotatable bonds is 4. The van der Waals surface area contributed by atoms with Gasteiger partial charge >= 0.3 is 0 Å². The van der Waals surface area contributed by atoms with Gasteiger partial charge < -0.3 is 9.47 Å². The van der Waals surface area contributed by atoms with Crippen LogP contribution >= 0.6 is 22.9 Å². The van der Waals surface area contributed by atoms with E-state index in [-0.39, 0.29) is 5.78 Å². The number of aryl methyl sites for hydroxylation is 1. The van der Waals surface area contributed by atoms with E-state index in [1.54, 1.807) is 35.6 Å². The van der Waals surface area contributed by atoms with E-state index in [1.165, 1.54) is 0 Å². The summed E-state index contributed by atoms with van der Waals surface area (Å²) in [7, 11) is 0. The first-order valence-electron chi connectivity index (χ1n) is 8.10. The number of hydrogen-bond donors (Lipinski definition) is 0. The Labute approximate surface area is 160 Å². The van der Waals surface area contributed by atoms with Crippen LogP contribution in [0.15, 0.2) is 59.7 Å². The fourth-order valence-electron chi connectivity index (χ4n) is 2.70. The maximum atomic E-state index is 12.5. The number of halogens is 1. The SMILES string of the molecule is Cc1ccsc1/C=C1\Oc2cc(OCc3cccc(Cl)c3)ccc2C1=O. The summed E-state index contributed by atoms with van der Waals surface area (Å²) in [6, 6.07) is 14.8. The molecule has 0 radical (unpaired) electrons. The highest BCUT2D eigenvalue weighted by Gasteiger charge is 2.28. The van der Waals surface area contributed by atoms with E-state index in [9.17, 15) is 4.79 Å². The van der Waals surface area contributed by atoms with Crippen LogP contribution in [0.2, 0.25) is 5.02 Å². The lowest BCUT2D eigenvalue weighted by Crippen LogP contribution is -1.97. The summed E-state index contributed by atoms with van der Waals surface area (Å²) < 4.78 is 11.6. The van der Waals surface area contributed by atoms with Crippen molar-refractivity contribution in [2.75, 3.05) is 0 Å². The smallest absolute Gasteiger partial charge is 0.232 e. The molecule has 1 aliphatic rings. The van der Waals surface area contributed by atoms with Crippen LogP contribution in [0.25, 0.3) is 6.08 Å². The van der Waals surface area contributed by atoms with Gasteiger partial charge in [-0.15, -0.1) is 11.3 Å². The van der Waals surface area contributed by atoms with Crippen LogP contribution in [-0.2, 0) is 6.61 Å². The second kappa shape index (κ2) is 6.98. The van der Waals surface area contributed by atoms with Crippen molar-refractivity contribution >= 4 is 34.8 Å². The van der Waals surface area contributed by atoms with Crippen molar-refractivity contribution in [3.05, 3.63) is 86.3 Å². The predicted molar refractivity (Wildman–Crippen MR) is 104 cm³/mol. The van der Waals surface area contributed by atoms with Crippen LogP contribution < -0.4 is 9.47 Å². The summed E-state index contributed by atoms with van der Waals surface area (Å²) in [5, 5.41) is 2.67. The van der Waals surface area contributed by atoms with E-state index in [2.05, 4.69) is 0 Å². The van der Waals surface area contributed by atoms with Crippen LogP contribution in [0.4, 0.5) is 0 Å². The summed E-state index contributed by atoms with van der Waals surface area (Å²) in [5.41, 5.74) is 2.66. The van der Waals surface area contributed by atoms with Crippen LogP contribution in [0.5, 0.6) is 11.5 Å². The number of allylic oxidation sites excluding steroid dienone is 1. The third-order valence-corrected chi connectivity index (χ3v) is 5.30. The molecule has 0 saturated heterocycles. The maximum Gasteiger partial charge on any atom is 0.232 e. The van der Waals surface area contributed by atoms with Gasteiger partial charge in [0.1, 0.15) is 18.1 Å². The average Bonchev–Trinajstić information content (AvgIpc) is 3.17. The van der Waals surface area contributed by atoms with Gasteiger partial charge in [0.2, 0.25) is 5.78 Å². The van der Waals surface area contributed by atoms with E-state index in [1.807, 2.05) is 42.6 Å². The normalized spacial score (nSPS) is 14.4. The van der Waals surface area contributed by atoms with Gasteiger partial charge in [0.05, 0.1) is 5.56 Å². The molecule has 130 valence electrons. The van der Waals surface area contributed by atoms with Gasteiger partial charge in [-0.25, -0.2) is 0 Å². The van der Waals surface area contributed by atoms with E-state index >= 15 is 0 Å². The van der Waals surface area contributed by atoms with Crippen molar-refractivity contribution in [2.24, 2.45) is 0 Å². The van der Waals surface area contributed by atoms with E-state index < -0.39 is 0 Å². The second-order valence-corrected chi connectivity index (χ2v) is 7.37. The molecule has 1 aliphatic heterocycles. The number of benzene rings is 2. The summed E-state index contributed by atoms with van der Waals surface area (Å²) >= 11 is 7.57. The van der Waals surface area contributed by atoms with Gasteiger partial charge in [-0.2, -0.15) is 0 Å². The first-order chi connectivity index (χ1) is 12.6. The van der Waals surface area contributed by atoms with Crippen molar-refractivity contribution in [2.45, 2.75) is 13.5 Å². The molecule has 0 amide bonds. The Morgan fingerprint density at radius 2 is 2.08 bits per heavy atom. The molecule has 0 unspecified atom stereocenters. The number of carbonyl (C=O) groups is 1. The monoisotopic (exact) mass is 382 g/mol. The van der Waals surface area contributed by atoms with Crippen LogP contribution in [-0.4, -0.2) is 5.78 Å². The first-order valence-corrected chi connectivity index (χ1v) is 9.35. The maximum absolute atomic E-state index is 12.5. The molecule has 2 heterocycles. The molecule has 0 saturated carbocycles. The van der Waals surface area contributed by atoms with Crippen molar-refractivity contribution < 1.29 is 14.3 Å². The number of hydrogen-bond acceptors (Lipinski definition) is 4. The zero-order chi connectivity index (χ0) is 18.1. The lowest BCUT2D eigenvalue weighted by Gasteiger charge is -2.07. The molecular formula is C21H15ClO3S. The topological polar surface area (TPSA) is 35.5 Å². The summed E-state index contributed by atoms with van der Waals surface area (Å²) in [5.74, 6) is 1.41. The second-order valence-electron chi connectivity index (χ2n) is 5.98. The molecule has 26 heavy (non-hydrogen) atoms. The Kier molecular flexibility index (Phi) is 4.53. The first kappa shape index (κ1) is 16.9. The quantitative estimate of drug-likeness (QED) is 0.526. The van der Waals surface area contributed by atoms with E-state index in [4.69, 9.17) is 21.1 Å². The van der Waals surface area contributed by atoms with Crippen LogP contribution in [0.3, 0.4) is 0 Å². The highest BCUT2D eigenvalue weighted by Crippen LogP contribution is 2.35. The average molecular weight is 383 g/mol. The number of Topliss-reactive ketones (excluding diaryl/α,β-unsaturated/α-hetero) is 1. The van der Waals surface area contributed by atoms with Gasteiger partial charge in [0.25, 0.3) is 0 Å². The van der Waals surface area contributed by atoms with Crippen molar-refractivity contribution in [1.82, 2.24) is 0 Å². The predicted octanol–water partition coefficient (Wildman–Crippen LogP) is 5.91. The van der Waals surface area contributed by atoms with Gasteiger partial charge in [-0.05, 0) is 53.8 Å². The largest absolute Gasteiger partial charge is 0.489 e. The molecule has 3 aromatic rings. The fourth-order valence-corrected chi connectivity index (χ4v) is 3.76. The van der Waals surface area contributed by atoms with Crippen molar-refractivity contribution in [1.29, 1.82) is 0 Å². The Hall–Kier alpha value is -2.56. The molecule has 5 heteroatoms. The third-order valence-electron chi connectivity index (χ3n) is 4.10. The van der Waals surface area contributed by atoms with E-state index in [0.717, 1.165) is 16.0 Å². The Morgan fingerprint density at radius 1 is 1.19 bits per heavy atom. The summed E-state index contributed by atoms with van der Waals surface area (Å²) in [6.45, 7) is 2.40. The number of thiophene rings is 1. The Morgan fingerprint density at radius 3 is 2.85 bits per heavy atom. The molecular weight excluding hydrogens is 368 g/mol. The minimum atomic E-state index is -0.103. The lowest BCUT2D eigenvalue weighted by atomic mass is 10.1. The van der Waals surface area contributed by atoms with Gasteiger partial charge in [-0.3, -0.25) is 4.79 Å². The van der Waals surface area contributed by atoms with Crippen LogP contribution in [0, 0.1) is 6.92 Å². The van der Waals surface area contributed by atoms with Gasteiger partial charge in [-0.1, -0.05) is 23.7 Å². The molecule has 0 aliphatic carbocycles. The fraction of sp³-hybridized carbons (Fsp3) is 0.0952. The molecule has 0 fully saturated rings. The lowest BCUT2D eigenvalue weighted by molar-refractivity contribution is 0.101. The van der Waals surface area contributed by atoms with Gasteiger partial charge in [0.15, 0.2) is 5.76 Å². The summed E-state index contributed by atoms with van der Waals surface area (Å²) in [4.78, 5) is 13.5.